The molecular weight excluding hydrogens is 429 g/mol. The number of carboxylic acids is 1. The first-order valence-corrected chi connectivity index (χ1v) is 10.6. The second-order valence-corrected chi connectivity index (χ2v) is 9.10. The van der Waals surface area contributed by atoms with Crippen molar-refractivity contribution in [1.82, 2.24) is 9.71 Å². The van der Waals surface area contributed by atoms with Crippen LogP contribution < -0.4 is 4.72 Å². The van der Waals surface area contributed by atoms with E-state index in [2.05, 4.69) is 9.71 Å². The number of nitrogens with zero attached hydrogens (tertiary/aromatic N) is 1. The van der Waals surface area contributed by atoms with Crippen molar-refractivity contribution in [2.24, 2.45) is 0 Å². The summed E-state index contributed by atoms with van der Waals surface area (Å²) in [5.41, 5.74) is -0.271. The van der Waals surface area contributed by atoms with E-state index < -0.39 is 27.7 Å². The molecule has 11 heteroatoms. The van der Waals surface area contributed by atoms with Crippen LogP contribution in [0.5, 0.6) is 0 Å². The molecule has 0 radical (unpaired) electrons. The monoisotopic (exact) mass is 444 g/mol. The molecule has 154 valence electrons. The Morgan fingerprint density at radius 3 is 2.59 bits per heavy atom. The number of aryl methyl sites for hydroxylation is 1. The van der Waals surface area contributed by atoms with Crippen molar-refractivity contribution >= 4 is 37.5 Å². The predicted molar refractivity (Wildman–Crippen MR) is 102 cm³/mol. The molecule has 0 saturated carbocycles. The Hall–Kier alpha value is -2.50. The second-order valence-electron chi connectivity index (χ2n) is 6.22. The number of hydrogen-bond acceptors (Lipinski definition) is 5. The van der Waals surface area contributed by atoms with E-state index in [0.717, 1.165) is 18.2 Å². The topological polar surface area (TPSA) is 96.4 Å². The minimum atomic E-state index is -4.46. The molecular formula is C18H15F3N2O4S2. The highest BCUT2D eigenvalue weighted by Crippen LogP contribution is 2.32. The average molecular weight is 444 g/mol. The molecule has 29 heavy (non-hydrogen) atoms. The van der Waals surface area contributed by atoms with Crippen LogP contribution in [0.2, 0.25) is 0 Å². The van der Waals surface area contributed by atoms with Crippen molar-refractivity contribution < 1.29 is 31.5 Å². The van der Waals surface area contributed by atoms with E-state index >= 15 is 0 Å². The number of alkyl halides is 3. The van der Waals surface area contributed by atoms with Gasteiger partial charge in [0.05, 0.1) is 31.2 Å². The summed E-state index contributed by atoms with van der Waals surface area (Å²) in [6.07, 6.45) is -4.28. The highest BCUT2D eigenvalue weighted by atomic mass is 32.2. The highest BCUT2D eigenvalue weighted by molar-refractivity contribution is 7.89. The number of aromatic nitrogens is 1. The number of carbonyl (C=O) groups is 1. The van der Waals surface area contributed by atoms with E-state index in [1.807, 2.05) is 0 Å². The molecule has 0 amide bonds. The van der Waals surface area contributed by atoms with Gasteiger partial charge in [-0.2, -0.15) is 13.2 Å². The van der Waals surface area contributed by atoms with E-state index in [0.29, 0.717) is 15.3 Å². The summed E-state index contributed by atoms with van der Waals surface area (Å²) in [5.74, 6) is -1.23. The van der Waals surface area contributed by atoms with Crippen LogP contribution in [0.3, 0.4) is 0 Å². The Kier molecular flexibility index (Phi) is 5.65. The summed E-state index contributed by atoms with van der Waals surface area (Å²) >= 11 is 1.18. The number of nitrogens with one attached hydrogen (secondary N) is 1. The second kappa shape index (κ2) is 7.73. The summed E-state index contributed by atoms with van der Waals surface area (Å²) in [6.45, 7) is 1.52. The Morgan fingerprint density at radius 2 is 1.93 bits per heavy atom. The standard InChI is InChI=1S/C18H15F3N2O4S2/c1-10-2-4-12(9-13(10)17(24)25)29(26,27)22-7-6-16-23-14-8-11(18(19,20)21)3-5-15(14)28-16/h2-5,8-9,22H,6-7H2,1H3,(H,24,25). The highest BCUT2D eigenvalue weighted by Gasteiger charge is 2.30. The van der Waals surface area contributed by atoms with Crippen molar-refractivity contribution in [3.8, 4) is 0 Å². The van der Waals surface area contributed by atoms with Gasteiger partial charge in [-0.1, -0.05) is 6.07 Å². The molecule has 2 aromatic carbocycles. The molecule has 6 nitrogen and oxygen atoms in total. The Balaban J connectivity index is 1.72. The van der Waals surface area contributed by atoms with Gasteiger partial charge < -0.3 is 5.11 Å². The van der Waals surface area contributed by atoms with Crippen molar-refractivity contribution in [3.63, 3.8) is 0 Å². The lowest BCUT2D eigenvalue weighted by molar-refractivity contribution is -0.137. The number of carboxylic acid groups (broad SMARTS) is 1. The third-order valence-corrected chi connectivity index (χ3v) is 6.69. The quantitative estimate of drug-likeness (QED) is 0.602. The van der Waals surface area contributed by atoms with Gasteiger partial charge in [0.2, 0.25) is 10.0 Å². The first-order valence-electron chi connectivity index (χ1n) is 8.27. The van der Waals surface area contributed by atoms with Gasteiger partial charge in [-0.25, -0.2) is 22.9 Å². The minimum absolute atomic E-state index is 0.0371. The fraction of sp³-hybridized carbons (Fsp3) is 0.222. The van der Waals surface area contributed by atoms with Crippen molar-refractivity contribution in [2.75, 3.05) is 6.54 Å². The molecule has 0 aliphatic heterocycles. The fourth-order valence-corrected chi connectivity index (χ4v) is 4.64. The molecule has 0 aliphatic carbocycles. The molecule has 0 spiro atoms. The zero-order chi connectivity index (χ0) is 21.4. The molecule has 2 N–H and O–H groups in total. The first-order chi connectivity index (χ1) is 13.5. The molecule has 3 aromatic rings. The smallest absolute Gasteiger partial charge is 0.416 e. The van der Waals surface area contributed by atoms with Gasteiger partial charge in [-0.05, 0) is 42.8 Å². The first kappa shape index (κ1) is 21.2. The fourth-order valence-electron chi connectivity index (χ4n) is 2.63. The zero-order valence-electron chi connectivity index (χ0n) is 14.9. The van der Waals surface area contributed by atoms with Crippen LogP contribution >= 0.6 is 11.3 Å². The van der Waals surface area contributed by atoms with Gasteiger partial charge in [0.1, 0.15) is 0 Å². The number of sulfonamides is 1. The molecule has 1 heterocycles. The summed E-state index contributed by atoms with van der Waals surface area (Å²) in [5, 5.41) is 9.61. The lowest BCUT2D eigenvalue weighted by Gasteiger charge is -2.08. The third kappa shape index (κ3) is 4.74. The third-order valence-electron chi connectivity index (χ3n) is 4.14. The van der Waals surface area contributed by atoms with Crippen LogP contribution in [0.15, 0.2) is 41.3 Å². The van der Waals surface area contributed by atoms with Crippen LogP contribution in [0.1, 0.15) is 26.5 Å². The van der Waals surface area contributed by atoms with E-state index in [1.165, 1.54) is 29.5 Å². The van der Waals surface area contributed by atoms with E-state index in [4.69, 9.17) is 5.11 Å². The van der Waals surface area contributed by atoms with Crippen LogP contribution in [-0.2, 0) is 22.6 Å². The minimum Gasteiger partial charge on any atom is -0.478 e. The maximum Gasteiger partial charge on any atom is 0.416 e. The molecule has 0 atom stereocenters. The lowest BCUT2D eigenvalue weighted by Crippen LogP contribution is -2.26. The SMILES string of the molecule is Cc1ccc(S(=O)(=O)NCCc2nc3cc(C(F)(F)F)ccc3s2)cc1C(=O)O. The van der Waals surface area contributed by atoms with Gasteiger partial charge in [0.25, 0.3) is 0 Å². The molecule has 0 saturated heterocycles. The van der Waals surface area contributed by atoms with Gasteiger partial charge >= 0.3 is 12.1 Å². The Labute approximate surface area is 168 Å². The van der Waals surface area contributed by atoms with Crippen LogP contribution in [-0.4, -0.2) is 31.0 Å². The normalized spacial score (nSPS) is 12.4. The number of fused-ring (bicyclic) bond motifs is 1. The molecule has 0 fully saturated rings. The largest absolute Gasteiger partial charge is 0.478 e. The zero-order valence-corrected chi connectivity index (χ0v) is 16.6. The summed E-state index contributed by atoms with van der Waals surface area (Å²) in [7, 11) is -3.94. The molecule has 0 unspecified atom stereocenters. The Bertz CT molecular complexity index is 1190. The maximum absolute atomic E-state index is 12.8. The van der Waals surface area contributed by atoms with Gasteiger partial charge in [0, 0.05) is 13.0 Å². The van der Waals surface area contributed by atoms with Crippen molar-refractivity contribution in [2.45, 2.75) is 24.4 Å². The average Bonchev–Trinajstić information content (AvgIpc) is 3.02. The Morgan fingerprint density at radius 1 is 1.21 bits per heavy atom. The number of aromatic carboxylic acids is 1. The summed E-state index contributed by atoms with van der Waals surface area (Å²) < 4.78 is 66.1. The number of hydrogen-bond donors (Lipinski definition) is 2. The van der Waals surface area contributed by atoms with E-state index in [1.54, 1.807) is 6.92 Å². The molecule has 0 bridgehead atoms. The predicted octanol–water partition coefficient (Wildman–Crippen LogP) is 3.84. The summed E-state index contributed by atoms with van der Waals surface area (Å²) in [4.78, 5) is 15.1. The number of benzene rings is 2. The van der Waals surface area contributed by atoms with Gasteiger partial charge in [0.15, 0.2) is 0 Å². The maximum atomic E-state index is 12.8. The van der Waals surface area contributed by atoms with Gasteiger partial charge in [-0.15, -0.1) is 11.3 Å². The van der Waals surface area contributed by atoms with Crippen LogP contribution in [0.4, 0.5) is 13.2 Å². The van der Waals surface area contributed by atoms with Crippen LogP contribution in [0, 0.1) is 6.92 Å². The van der Waals surface area contributed by atoms with Crippen LogP contribution in [0.25, 0.3) is 10.2 Å². The molecule has 1 aromatic heterocycles. The van der Waals surface area contributed by atoms with E-state index in [-0.39, 0.29) is 28.9 Å². The van der Waals surface area contributed by atoms with Gasteiger partial charge in [-0.3, -0.25) is 0 Å². The lowest BCUT2D eigenvalue weighted by atomic mass is 10.1. The number of thiazole rings is 1. The molecule has 0 aliphatic rings. The van der Waals surface area contributed by atoms with Crippen molar-refractivity contribution in [3.05, 3.63) is 58.1 Å². The van der Waals surface area contributed by atoms with Crippen molar-refractivity contribution in [1.29, 1.82) is 0 Å². The molecule has 3 rings (SSSR count). The summed E-state index contributed by atoms with van der Waals surface area (Å²) in [6, 6.07) is 7.06. The number of rotatable bonds is 6. The number of halogens is 3. The van der Waals surface area contributed by atoms with E-state index in [9.17, 15) is 26.4 Å².